The fraction of sp³-hybridized carbons (Fsp3) is 0.667. The van der Waals surface area contributed by atoms with Crippen LogP contribution in [-0.2, 0) is 17.9 Å². The van der Waals surface area contributed by atoms with E-state index in [1.165, 1.54) is 25.6 Å². The maximum Gasteiger partial charge on any atom is 0.246 e. The molecule has 0 unspecified atom stereocenters. The Hall–Kier alpha value is -2.25. The quantitative estimate of drug-likeness (QED) is 0.836. The Labute approximate surface area is 134 Å². The van der Waals surface area contributed by atoms with Crippen molar-refractivity contribution in [3.8, 4) is 0 Å². The highest BCUT2D eigenvalue weighted by atomic mass is 16.5. The van der Waals surface area contributed by atoms with E-state index in [1.807, 2.05) is 0 Å². The molecule has 1 saturated carbocycles. The van der Waals surface area contributed by atoms with Crippen LogP contribution >= 0.6 is 0 Å². The first-order valence-electron chi connectivity index (χ1n) is 8.23. The topological polar surface area (TPSA) is 98.7 Å². The molecule has 0 aliphatic heterocycles. The number of carbonyl (C=O) groups is 1. The molecule has 0 spiro atoms. The molecule has 2 aromatic heterocycles. The first-order chi connectivity index (χ1) is 11.3. The van der Waals surface area contributed by atoms with E-state index in [0.717, 1.165) is 18.7 Å². The summed E-state index contributed by atoms with van der Waals surface area (Å²) in [7, 11) is 0. The molecule has 2 aromatic rings. The largest absolute Gasteiger partial charge is 0.347 e. The minimum absolute atomic E-state index is 0.0254. The van der Waals surface area contributed by atoms with Gasteiger partial charge in [0, 0.05) is 18.9 Å². The lowest BCUT2D eigenvalue weighted by atomic mass is 9.89. The van der Waals surface area contributed by atoms with Gasteiger partial charge in [0.05, 0.1) is 6.54 Å². The van der Waals surface area contributed by atoms with Crippen molar-refractivity contribution >= 4 is 5.91 Å². The second-order valence-corrected chi connectivity index (χ2v) is 5.92. The van der Waals surface area contributed by atoms with Crippen LogP contribution in [0.4, 0.5) is 0 Å². The summed E-state index contributed by atoms with van der Waals surface area (Å²) >= 11 is 0. The summed E-state index contributed by atoms with van der Waals surface area (Å²) in [6.07, 6.45) is 10.3. The number of nitrogens with zero attached hydrogens (tertiary/aromatic N) is 5. The van der Waals surface area contributed by atoms with Crippen molar-refractivity contribution in [1.29, 1.82) is 0 Å². The van der Waals surface area contributed by atoms with Gasteiger partial charge in [-0.3, -0.25) is 9.48 Å². The van der Waals surface area contributed by atoms with E-state index in [0.29, 0.717) is 37.7 Å². The van der Waals surface area contributed by atoms with Crippen LogP contribution in [0, 0.1) is 0 Å². The van der Waals surface area contributed by atoms with Gasteiger partial charge in [0.1, 0.15) is 12.7 Å². The van der Waals surface area contributed by atoms with Gasteiger partial charge in [0.2, 0.25) is 11.8 Å². The summed E-state index contributed by atoms with van der Waals surface area (Å²) < 4.78 is 6.94. The Morgan fingerprint density at radius 1 is 1.35 bits per heavy atom. The Balaban J connectivity index is 1.37. The predicted octanol–water partition coefficient (Wildman–Crippen LogP) is 1.81. The number of aromatic nitrogens is 5. The van der Waals surface area contributed by atoms with Crippen molar-refractivity contribution in [2.45, 2.75) is 64.0 Å². The Morgan fingerprint density at radius 2 is 2.22 bits per heavy atom. The molecular formula is C15H22N6O2. The fourth-order valence-electron chi connectivity index (χ4n) is 2.88. The minimum Gasteiger partial charge on any atom is -0.347 e. The Bertz CT molecular complexity index is 603. The van der Waals surface area contributed by atoms with Gasteiger partial charge in [-0.15, -0.1) is 0 Å². The number of hydrogen-bond donors (Lipinski definition) is 1. The van der Waals surface area contributed by atoms with Crippen LogP contribution < -0.4 is 5.32 Å². The number of aryl methyl sites for hydroxylation is 1. The van der Waals surface area contributed by atoms with E-state index >= 15 is 0 Å². The van der Waals surface area contributed by atoms with E-state index in [1.54, 1.807) is 11.0 Å². The zero-order valence-corrected chi connectivity index (χ0v) is 13.1. The van der Waals surface area contributed by atoms with Gasteiger partial charge in [0.15, 0.2) is 5.82 Å². The molecule has 124 valence electrons. The van der Waals surface area contributed by atoms with Gasteiger partial charge in [-0.25, -0.2) is 4.98 Å². The highest BCUT2D eigenvalue weighted by molar-refractivity contribution is 5.75. The molecule has 8 heteroatoms. The number of amides is 1. The number of rotatable bonds is 7. The number of hydrogen-bond acceptors (Lipinski definition) is 6. The maximum absolute atomic E-state index is 11.8. The second kappa shape index (κ2) is 7.85. The maximum atomic E-state index is 11.8. The monoisotopic (exact) mass is 318 g/mol. The molecule has 2 heterocycles. The number of nitrogens with one attached hydrogen (secondary N) is 1. The van der Waals surface area contributed by atoms with E-state index in [2.05, 4.69) is 25.5 Å². The number of carbonyl (C=O) groups excluding carboxylic acids is 1. The summed E-state index contributed by atoms with van der Waals surface area (Å²) in [6.45, 7) is 0.974. The molecule has 1 aliphatic carbocycles. The molecule has 8 nitrogen and oxygen atoms in total. The SMILES string of the molecule is O=C(CCCn1cncn1)NCc1nc(C2CCCCC2)no1. The van der Waals surface area contributed by atoms with Crippen LogP contribution in [0.2, 0.25) is 0 Å². The zero-order valence-electron chi connectivity index (χ0n) is 13.1. The van der Waals surface area contributed by atoms with Gasteiger partial charge in [-0.2, -0.15) is 10.1 Å². The molecule has 0 bridgehead atoms. The summed E-state index contributed by atoms with van der Waals surface area (Å²) in [4.78, 5) is 20.1. The molecule has 0 saturated heterocycles. The van der Waals surface area contributed by atoms with E-state index < -0.39 is 0 Å². The normalized spacial score (nSPS) is 15.7. The average molecular weight is 318 g/mol. The molecule has 3 rings (SSSR count). The lowest BCUT2D eigenvalue weighted by Gasteiger charge is -2.17. The zero-order chi connectivity index (χ0) is 15.9. The van der Waals surface area contributed by atoms with Gasteiger partial charge >= 0.3 is 0 Å². The van der Waals surface area contributed by atoms with Crippen molar-refractivity contribution in [3.63, 3.8) is 0 Å². The van der Waals surface area contributed by atoms with E-state index in [4.69, 9.17) is 4.52 Å². The highest BCUT2D eigenvalue weighted by Gasteiger charge is 2.20. The highest BCUT2D eigenvalue weighted by Crippen LogP contribution is 2.30. The minimum atomic E-state index is -0.0254. The first-order valence-corrected chi connectivity index (χ1v) is 8.23. The smallest absolute Gasteiger partial charge is 0.246 e. The van der Waals surface area contributed by atoms with E-state index in [-0.39, 0.29) is 5.91 Å². The van der Waals surface area contributed by atoms with Crippen molar-refractivity contribution in [2.24, 2.45) is 0 Å². The van der Waals surface area contributed by atoms with E-state index in [9.17, 15) is 4.79 Å². The van der Waals surface area contributed by atoms with Crippen molar-refractivity contribution < 1.29 is 9.32 Å². The third-order valence-corrected chi connectivity index (χ3v) is 4.15. The summed E-state index contributed by atoms with van der Waals surface area (Å²) in [5, 5.41) is 10.9. The second-order valence-electron chi connectivity index (χ2n) is 5.92. The van der Waals surface area contributed by atoms with Crippen molar-refractivity contribution in [3.05, 3.63) is 24.4 Å². The summed E-state index contributed by atoms with van der Waals surface area (Å²) in [5.41, 5.74) is 0. The molecule has 1 aliphatic rings. The lowest BCUT2D eigenvalue weighted by Crippen LogP contribution is -2.23. The first kappa shape index (κ1) is 15.6. The summed E-state index contributed by atoms with van der Waals surface area (Å²) in [5.74, 6) is 1.66. The van der Waals surface area contributed by atoms with Crippen LogP contribution in [0.15, 0.2) is 17.2 Å². The standard InChI is InChI=1S/C15H22N6O2/c22-13(7-4-8-21-11-16-10-18-21)17-9-14-19-15(20-23-14)12-5-2-1-3-6-12/h10-12H,1-9H2,(H,17,22). The predicted molar refractivity (Wildman–Crippen MR) is 81.2 cm³/mol. The molecule has 1 fully saturated rings. The van der Waals surface area contributed by atoms with Crippen molar-refractivity contribution in [1.82, 2.24) is 30.2 Å². The molecule has 1 amide bonds. The molecule has 23 heavy (non-hydrogen) atoms. The van der Waals surface area contributed by atoms with Crippen molar-refractivity contribution in [2.75, 3.05) is 0 Å². The summed E-state index contributed by atoms with van der Waals surface area (Å²) in [6, 6.07) is 0. The molecule has 0 aromatic carbocycles. The van der Waals surface area contributed by atoms with Gasteiger partial charge in [-0.1, -0.05) is 24.4 Å². The molecule has 0 atom stereocenters. The Morgan fingerprint density at radius 3 is 3.00 bits per heavy atom. The molecule has 0 radical (unpaired) electrons. The molecule has 1 N–H and O–H groups in total. The van der Waals surface area contributed by atoms with Crippen LogP contribution in [0.25, 0.3) is 0 Å². The van der Waals surface area contributed by atoms with Crippen LogP contribution in [0.3, 0.4) is 0 Å². The third-order valence-electron chi connectivity index (χ3n) is 4.15. The van der Waals surface area contributed by atoms with Gasteiger partial charge in [0.25, 0.3) is 0 Å². The molecular weight excluding hydrogens is 296 g/mol. The average Bonchev–Trinajstić information content (AvgIpc) is 3.25. The Kier molecular flexibility index (Phi) is 5.33. The van der Waals surface area contributed by atoms with Crippen LogP contribution in [-0.4, -0.2) is 30.8 Å². The lowest BCUT2D eigenvalue weighted by molar-refractivity contribution is -0.121. The van der Waals surface area contributed by atoms with Gasteiger partial charge < -0.3 is 9.84 Å². The van der Waals surface area contributed by atoms with Gasteiger partial charge in [-0.05, 0) is 19.3 Å². The third kappa shape index (κ3) is 4.61. The van der Waals surface area contributed by atoms with Crippen LogP contribution in [0.1, 0.15) is 62.6 Å². The van der Waals surface area contributed by atoms with Crippen LogP contribution in [0.5, 0.6) is 0 Å². The fourth-order valence-corrected chi connectivity index (χ4v) is 2.88.